The first-order valence-corrected chi connectivity index (χ1v) is 4.73. The standard InChI is InChI=1S/C11H13F3N2/c1-7-4-5-8(11(12,13)14)6-9(7)10(15-2)16-3/h4-6H,1-3H3,(H,15,16). The van der Waals surface area contributed by atoms with Crippen LogP contribution in [-0.2, 0) is 6.18 Å². The van der Waals surface area contributed by atoms with E-state index in [9.17, 15) is 13.2 Å². The van der Waals surface area contributed by atoms with E-state index < -0.39 is 11.7 Å². The van der Waals surface area contributed by atoms with E-state index in [1.807, 2.05) is 0 Å². The van der Waals surface area contributed by atoms with Crippen molar-refractivity contribution in [2.24, 2.45) is 4.99 Å². The number of amidine groups is 1. The fourth-order valence-corrected chi connectivity index (χ4v) is 1.42. The predicted molar refractivity (Wildman–Crippen MR) is 57.7 cm³/mol. The van der Waals surface area contributed by atoms with Gasteiger partial charge in [-0.25, -0.2) is 0 Å². The van der Waals surface area contributed by atoms with Gasteiger partial charge in [0.25, 0.3) is 0 Å². The van der Waals surface area contributed by atoms with Gasteiger partial charge in [-0.2, -0.15) is 13.2 Å². The lowest BCUT2D eigenvalue weighted by atomic mass is 10.0. The van der Waals surface area contributed by atoms with Crippen molar-refractivity contribution in [3.63, 3.8) is 0 Å². The minimum atomic E-state index is -4.32. The van der Waals surface area contributed by atoms with Crippen molar-refractivity contribution in [1.82, 2.24) is 5.32 Å². The van der Waals surface area contributed by atoms with Crippen LogP contribution in [0.1, 0.15) is 16.7 Å². The van der Waals surface area contributed by atoms with Crippen molar-refractivity contribution < 1.29 is 13.2 Å². The summed E-state index contributed by atoms with van der Waals surface area (Å²) in [6.45, 7) is 1.75. The van der Waals surface area contributed by atoms with Crippen LogP contribution in [0.5, 0.6) is 0 Å². The molecule has 0 fully saturated rings. The van der Waals surface area contributed by atoms with Crippen LogP contribution in [0.2, 0.25) is 0 Å². The quantitative estimate of drug-likeness (QED) is 0.582. The van der Waals surface area contributed by atoms with E-state index >= 15 is 0 Å². The Morgan fingerprint density at radius 2 is 1.94 bits per heavy atom. The smallest absolute Gasteiger partial charge is 0.373 e. The van der Waals surface area contributed by atoms with Crippen LogP contribution in [0.25, 0.3) is 0 Å². The summed E-state index contributed by atoms with van der Waals surface area (Å²) in [6, 6.07) is 3.62. The summed E-state index contributed by atoms with van der Waals surface area (Å²) in [4.78, 5) is 3.90. The number of aryl methyl sites for hydroxylation is 1. The topological polar surface area (TPSA) is 24.4 Å². The Morgan fingerprint density at radius 1 is 1.31 bits per heavy atom. The maximum absolute atomic E-state index is 12.5. The van der Waals surface area contributed by atoms with Crippen molar-refractivity contribution in [2.75, 3.05) is 14.1 Å². The molecule has 0 radical (unpaired) electrons. The monoisotopic (exact) mass is 230 g/mol. The van der Waals surface area contributed by atoms with Crippen LogP contribution in [0.15, 0.2) is 23.2 Å². The summed E-state index contributed by atoms with van der Waals surface area (Å²) in [7, 11) is 3.16. The van der Waals surface area contributed by atoms with E-state index in [1.165, 1.54) is 13.1 Å². The summed E-state index contributed by atoms with van der Waals surface area (Å²) in [5.41, 5.74) is 0.562. The Labute approximate surface area is 92.2 Å². The molecule has 88 valence electrons. The van der Waals surface area contributed by atoms with Crippen molar-refractivity contribution in [1.29, 1.82) is 0 Å². The number of nitrogens with zero attached hydrogens (tertiary/aromatic N) is 1. The van der Waals surface area contributed by atoms with Gasteiger partial charge in [0.2, 0.25) is 0 Å². The van der Waals surface area contributed by atoms with E-state index in [4.69, 9.17) is 0 Å². The number of alkyl halides is 3. The van der Waals surface area contributed by atoms with Gasteiger partial charge >= 0.3 is 6.18 Å². The van der Waals surface area contributed by atoms with Crippen molar-refractivity contribution in [3.8, 4) is 0 Å². The van der Waals surface area contributed by atoms with Gasteiger partial charge in [-0.3, -0.25) is 4.99 Å². The van der Waals surface area contributed by atoms with Crippen molar-refractivity contribution >= 4 is 5.84 Å². The molecule has 0 saturated carbocycles. The molecule has 2 nitrogen and oxygen atoms in total. The average Bonchev–Trinajstić information content (AvgIpc) is 2.20. The highest BCUT2D eigenvalue weighted by Gasteiger charge is 2.31. The highest BCUT2D eigenvalue weighted by Crippen LogP contribution is 2.30. The molecule has 5 heteroatoms. The third-order valence-corrected chi connectivity index (χ3v) is 2.28. The molecule has 0 aliphatic heterocycles. The van der Waals surface area contributed by atoms with Crippen LogP contribution in [0, 0.1) is 6.92 Å². The molecule has 0 heterocycles. The Balaban J connectivity index is 3.29. The van der Waals surface area contributed by atoms with E-state index in [1.54, 1.807) is 14.0 Å². The zero-order valence-electron chi connectivity index (χ0n) is 9.31. The Kier molecular flexibility index (Phi) is 3.57. The fraction of sp³-hybridized carbons (Fsp3) is 0.364. The maximum atomic E-state index is 12.5. The minimum Gasteiger partial charge on any atom is -0.373 e. The third-order valence-electron chi connectivity index (χ3n) is 2.28. The summed E-state index contributed by atoms with van der Waals surface area (Å²) < 4.78 is 37.5. The van der Waals surface area contributed by atoms with Gasteiger partial charge in [0.05, 0.1) is 5.56 Å². The van der Waals surface area contributed by atoms with E-state index in [0.717, 1.165) is 17.7 Å². The number of hydrogen-bond donors (Lipinski definition) is 1. The molecular weight excluding hydrogens is 217 g/mol. The molecule has 0 aliphatic carbocycles. The molecule has 0 unspecified atom stereocenters. The second kappa shape index (κ2) is 4.55. The highest BCUT2D eigenvalue weighted by molar-refractivity contribution is 5.99. The van der Waals surface area contributed by atoms with Gasteiger partial charge in [-0.05, 0) is 24.6 Å². The molecular formula is C11H13F3N2. The second-order valence-corrected chi connectivity index (χ2v) is 3.35. The number of aliphatic imine (C=N–C) groups is 1. The molecule has 0 atom stereocenters. The van der Waals surface area contributed by atoms with Crippen LogP contribution in [0.4, 0.5) is 13.2 Å². The molecule has 0 aliphatic rings. The lowest BCUT2D eigenvalue weighted by Gasteiger charge is -2.12. The van der Waals surface area contributed by atoms with Gasteiger partial charge in [-0.1, -0.05) is 6.07 Å². The van der Waals surface area contributed by atoms with Gasteiger partial charge in [0, 0.05) is 19.7 Å². The van der Waals surface area contributed by atoms with Crippen LogP contribution in [-0.4, -0.2) is 19.9 Å². The molecule has 1 aromatic carbocycles. The van der Waals surface area contributed by atoms with E-state index in [-0.39, 0.29) is 0 Å². The number of rotatable bonds is 1. The minimum absolute atomic E-state index is 0.448. The summed E-state index contributed by atoms with van der Waals surface area (Å²) in [5.74, 6) is 0.448. The number of halogens is 3. The molecule has 0 spiro atoms. The van der Waals surface area contributed by atoms with Crippen LogP contribution >= 0.6 is 0 Å². The molecule has 0 saturated heterocycles. The molecule has 1 aromatic rings. The first-order valence-electron chi connectivity index (χ1n) is 4.73. The lowest BCUT2D eigenvalue weighted by Crippen LogP contribution is -2.21. The number of hydrogen-bond acceptors (Lipinski definition) is 1. The molecule has 16 heavy (non-hydrogen) atoms. The lowest BCUT2D eigenvalue weighted by molar-refractivity contribution is -0.137. The Hall–Kier alpha value is -1.52. The predicted octanol–water partition coefficient (Wildman–Crippen LogP) is 2.61. The molecule has 1 N–H and O–H groups in total. The highest BCUT2D eigenvalue weighted by atomic mass is 19.4. The number of nitrogens with one attached hydrogen (secondary N) is 1. The molecule has 0 amide bonds. The largest absolute Gasteiger partial charge is 0.416 e. The molecule has 0 aromatic heterocycles. The zero-order chi connectivity index (χ0) is 12.3. The fourth-order valence-electron chi connectivity index (χ4n) is 1.42. The van der Waals surface area contributed by atoms with E-state index in [2.05, 4.69) is 10.3 Å². The Bertz CT molecular complexity index is 408. The summed E-state index contributed by atoms with van der Waals surface area (Å²) in [6.07, 6.45) is -4.32. The van der Waals surface area contributed by atoms with Gasteiger partial charge in [0.15, 0.2) is 0 Å². The van der Waals surface area contributed by atoms with Crippen molar-refractivity contribution in [2.45, 2.75) is 13.1 Å². The normalized spacial score (nSPS) is 12.8. The second-order valence-electron chi connectivity index (χ2n) is 3.35. The van der Waals surface area contributed by atoms with Crippen molar-refractivity contribution in [3.05, 3.63) is 34.9 Å². The van der Waals surface area contributed by atoms with Gasteiger partial charge in [-0.15, -0.1) is 0 Å². The number of benzene rings is 1. The molecule has 1 rings (SSSR count). The third kappa shape index (κ3) is 2.53. The zero-order valence-corrected chi connectivity index (χ0v) is 9.31. The maximum Gasteiger partial charge on any atom is 0.416 e. The van der Waals surface area contributed by atoms with Crippen LogP contribution in [0.3, 0.4) is 0 Å². The van der Waals surface area contributed by atoms with Gasteiger partial charge < -0.3 is 5.32 Å². The average molecular weight is 230 g/mol. The first-order chi connectivity index (χ1) is 7.40. The summed E-state index contributed by atoms with van der Waals surface area (Å²) in [5, 5.41) is 2.77. The van der Waals surface area contributed by atoms with E-state index in [0.29, 0.717) is 11.4 Å². The van der Waals surface area contributed by atoms with Crippen LogP contribution < -0.4 is 5.32 Å². The molecule has 0 bridgehead atoms. The van der Waals surface area contributed by atoms with Gasteiger partial charge in [0.1, 0.15) is 5.84 Å². The SMILES string of the molecule is CN=C(NC)c1cc(C(F)(F)F)ccc1C. The Morgan fingerprint density at radius 3 is 2.38 bits per heavy atom. The summed E-state index contributed by atoms with van der Waals surface area (Å²) >= 11 is 0. The first kappa shape index (κ1) is 12.5.